The third kappa shape index (κ3) is 3.95. The standard InChI is InChI=1S/C13H19BrN2O2S.ClH/c1-10-6-11(14)8-12(7-10)19(17,18)16-13(9-15)4-2-3-5-13;/h6-8,16H,2-5,9,15H2,1H3;1H. The number of rotatable bonds is 4. The van der Waals surface area contributed by atoms with E-state index in [1.54, 1.807) is 12.1 Å². The second-order valence-corrected chi connectivity index (χ2v) is 7.86. The molecule has 0 atom stereocenters. The minimum absolute atomic E-state index is 0. The molecule has 4 nitrogen and oxygen atoms in total. The highest BCUT2D eigenvalue weighted by Gasteiger charge is 2.36. The molecule has 1 aliphatic rings. The van der Waals surface area contributed by atoms with E-state index in [-0.39, 0.29) is 12.4 Å². The first-order valence-corrected chi connectivity index (χ1v) is 8.66. The molecule has 1 saturated carbocycles. The van der Waals surface area contributed by atoms with Crippen LogP contribution >= 0.6 is 28.3 Å². The highest BCUT2D eigenvalue weighted by molar-refractivity contribution is 9.10. The van der Waals surface area contributed by atoms with E-state index >= 15 is 0 Å². The summed E-state index contributed by atoms with van der Waals surface area (Å²) in [6.45, 7) is 2.22. The van der Waals surface area contributed by atoms with E-state index in [1.165, 1.54) is 0 Å². The number of sulfonamides is 1. The molecular formula is C13H20BrClN2O2S. The molecule has 1 aliphatic carbocycles. The minimum Gasteiger partial charge on any atom is -0.329 e. The van der Waals surface area contributed by atoms with Crippen LogP contribution in [0, 0.1) is 6.92 Å². The van der Waals surface area contributed by atoms with Crippen molar-refractivity contribution in [2.24, 2.45) is 5.73 Å². The summed E-state index contributed by atoms with van der Waals surface area (Å²) in [7, 11) is -3.52. The Morgan fingerprint density at radius 1 is 1.30 bits per heavy atom. The quantitative estimate of drug-likeness (QED) is 0.839. The van der Waals surface area contributed by atoms with Crippen molar-refractivity contribution < 1.29 is 8.42 Å². The lowest BCUT2D eigenvalue weighted by atomic mass is 10.0. The Morgan fingerprint density at radius 3 is 2.40 bits per heavy atom. The minimum atomic E-state index is -3.52. The molecule has 114 valence electrons. The van der Waals surface area contributed by atoms with Gasteiger partial charge in [-0.05, 0) is 43.5 Å². The van der Waals surface area contributed by atoms with Crippen molar-refractivity contribution in [2.45, 2.75) is 43.0 Å². The van der Waals surface area contributed by atoms with Crippen molar-refractivity contribution >= 4 is 38.4 Å². The lowest BCUT2D eigenvalue weighted by Crippen LogP contribution is -2.51. The maximum absolute atomic E-state index is 12.5. The molecule has 1 fully saturated rings. The second-order valence-electron chi connectivity index (χ2n) is 5.26. The normalized spacial score (nSPS) is 17.8. The van der Waals surface area contributed by atoms with Gasteiger partial charge in [0.1, 0.15) is 0 Å². The van der Waals surface area contributed by atoms with Crippen molar-refractivity contribution in [2.75, 3.05) is 6.54 Å². The summed E-state index contributed by atoms with van der Waals surface area (Å²) >= 11 is 3.33. The Morgan fingerprint density at radius 2 is 1.90 bits per heavy atom. The van der Waals surface area contributed by atoms with Gasteiger partial charge in [0.25, 0.3) is 0 Å². The zero-order chi connectivity index (χ0) is 14.1. The first-order valence-electron chi connectivity index (χ1n) is 6.38. The van der Waals surface area contributed by atoms with Crippen LogP contribution in [0.2, 0.25) is 0 Å². The van der Waals surface area contributed by atoms with Gasteiger partial charge in [0.05, 0.1) is 4.90 Å². The SMILES string of the molecule is Cc1cc(Br)cc(S(=O)(=O)NC2(CN)CCCC2)c1.Cl. The smallest absolute Gasteiger partial charge is 0.241 e. The van der Waals surface area contributed by atoms with Crippen molar-refractivity contribution in [3.63, 3.8) is 0 Å². The number of nitrogens with two attached hydrogens (primary N) is 1. The van der Waals surface area contributed by atoms with Gasteiger partial charge in [-0.15, -0.1) is 12.4 Å². The van der Waals surface area contributed by atoms with Crippen LogP contribution in [0.25, 0.3) is 0 Å². The van der Waals surface area contributed by atoms with E-state index in [9.17, 15) is 8.42 Å². The molecule has 0 spiro atoms. The third-order valence-corrected chi connectivity index (χ3v) is 5.64. The summed E-state index contributed by atoms with van der Waals surface area (Å²) in [5.41, 5.74) is 6.22. The van der Waals surface area contributed by atoms with Crippen LogP contribution in [0.1, 0.15) is 31.2 Å². The van der Waals surface area contributed by atoms with E-state index in [2.05, 4.69) is 20.7 Å². The topological polar surface area (TPSA) is 72.2 Å². The molecule has 3 N–H and O–H groups in total. The van der Waals surface area contributed by atoms with E-state index in [0.717, 1.165) is 35.7 Å². The molecule has 0 saturated heterocycles. The fourth-order valence-electron chi connectivity index (χ4n) is 2.60. The largest absolute Gasteiger partial charge is 0.329 e. The van der Waals surface area contributed by atoms with Crippen molar-refractivity contribution in [3.05, 3.63) is 28.2 Å². The third-order valence-electron chi connectivity index (χ3n) is 3.63. The summed E-state index contributed by atoms with van der Waals surface area (Å²) < 4.78 is 28.5. The van der Waals surface area contributed by atoms with Crippen LogP contribution in [0.15, 0.2) is 27.6 Å². The summed E-state index contributed by atoms with van der Waals surface area (Å²) in [6.07, 6.45) is 3.68. The number of hydrogen-bond acceptors (Lipinski definition) is 3. The molecule has 0 bridgehead atoms. The number of benzene rings is 1. The highest BCUT2D eigenvalue weighted by atomic mass is 79.9. The first-order chi connectivity index (χ1) is 8.87. The molecule has 0 radical (unpaired) electrons. The van der Waals surface area contributed by atoms with Crippen LogP contribution in [-0.4, -0.2) is 20.5 Å². The summed E-state index contributed by atoms with van der Waals surface area (Å²) in [5, 5.41) is 0. The zero-order valence-electron chi connectivity index (χ0n) is 11.4. The van der Waals surface area contributed by atoms with Gasteiger partial charge < -0.3 is 5.73 Å². The Bertz CT molecular complexity index is 551. The number of aryl methyl sites for hydroxylation is 1. The molecule has 1 aromatic carbocycles. The average molecular weight is 384 g/mol. The van der Waals surface area contributed by atoms with Gasteiger partial charge in [-0.1, -0.05) is 28.8 Å². The second kappa shape index (κ2) is 6.75. The fourth-order valence-corrected chi connectivity index (χ4v) is 4.96. The molecule has 0 heterocycles. The van der Waals surface area contributed by atoms with Gasteiger partial charge in [0.15, 0.2) is 0 Å². The maximum atomic E-state index is 12.5. The molecule has 0 aromatic heterocycles. The first kappa shape index (κ1) is 17.9. The van der Waals surface area contributed by atoms with E-state index in [0.29, 0.717) is 11.4 Å². The van der Waals surface area contributed by atoms with E-state index in [4.69, 9.17) is 5.73 Å². The molecule has 1 aromatic rings. The number of nitrogens with one attached hydrogen (secondary N) is 1. The molecule has 0 aliphatic heterocycles. The van der Waals surface area contributed by atoms with Gasteiger partial charge in [0.2, 0.25) is 10.0 Å². The van der Waals surface area contributed by atoms with Gasteiger partial charge in [0, 0.05) is 16.6 Å². The average Bonchev–Trinajstić information content (AvgIpc) is 2.76. The van der Waals surface area contributed by atoms with Crippen molar-refractivity contribution in [1.29, 1.82) is 0 Å². The lowest BCUT2D eigenvalue weighted by Gasteiger charge is -2.28. The van der Waals surface area contributed by atoms with Crippen LogP contribution in [0.4, 0.5) is 0 Å². The molecule has 2 rings (SSSR count). The van der Waals surface area contributed by atoms with Crippen molar-refractivity contribution in [1.82, 2.24) is 4.72 Å². The zero-order valence-corrected chi connectivity index (χ0v) is 14.6. The van der Waals surface area contributed by atoms with Crippen LogP contribution in [0.5, 0.6) is 0 Å². The molecular weight excluding hydrogens is 364 g/mol. The van der Waals surface area contributed by atoms with Gasteiger partial charge in [-0.25, -0.2) is 13.1 Å². The predicted molar refractivity (Wildman–Crippen MR) is 86.7 cm³/mol. The Hall–Kier alpha value is -0.140. The lowest BCUT2D eigenvalue weighted by molar-refractivity contribution is 0.399. The monoisotopic (exact) mass is 382 g/mol. The fraction of sp³-hybridized carbons (Fsp3) is 0.538. The van der Waals surface area contributed by atoms with E-state index in [1.807, 2.05) is 13.0 Å². The summed E-state index contributed by atoms with van der Waals surface area (Å²) in [5.74, 6) is 0. The Balaban J connectivity index is 0.00000200. The van der Waals surface area contributed by atoms with Gasteiger partial charge >= 0.3 is 0 Å². The molecule has 20 heavy (non-hydrogen) atoms. The molecule has 0 unspecified atom stereocenters. The number of halogens is 2. The Labute approximate surface area is 135 Å². The predicted octanol–water partition coefficient (Wildman–Crippen LogP) is 2.73. The summed E-state index contributed by atoms with van der Waals surface area (Å²) in [4.78, 5) is 0.291. The van der Waals surface area contributed by atoms with Crippen LogP contribution in [-0.2, 0) is 10.0 Å². The highest BCUT2D eigenvalue weighted by Crippen LogP contribution is 2.31. The van der Waals surface area contributed by atoms with Crippen molar-refractivity contribution in [3.8, 4) is 0 Å². The van der Waals surface area contributed by atoms with Gasteiger partial charge in [-0.3, -0.25) is 0 Å². The molecule has 7 heteroatoms. The van der Waals surface area contributed by atoms with Crippen LogP contribution in [0.3, 0.4) is 0 Å². The maximum Gasteiger partial charge on any atom is 0.241 e. The Kier molecular flexibility index (Phi) is 6.04. The van der Waals surface area contributed by atoms with Gasteiger partial charge in [-0.2, -0.15) is 0 Å². The summed E-state index contributed by atoms with van der Waals surface area (Å²) in [6, 6.07) is 5.17. The van der Waals surface area contributed by atoms with Crippen LogP contribution < -0.4 is 10.5 Å². The van der Waals surface area contributed by atoms with E-state index < -0.39 is 15.6 Å². The number of hydrogen-bond donors (Lipinski definition) is 2. The molecule has 0 amide bonds.